The molecule has 104 valence electrons. The first-order valence-corrected chi connectivity index (χ1v) is 7.27. The van der Waals surface area contributed by atoms with Gasteiger partial charge in [0.25, 0.3) is 0 Å². The Bertz CT molecular complexity index is 601. The zero-order valence-electron chi connectivity index (χ0n) is 11.0. The molecular formula is C13H14N4O2S. The maximum Gasteiger partial charge on any atom is 0.319 e. The van der Waals surface area contributed by atoms with Crippen molar-refractivity contribution in [3.63, 3.8) is 0 Å². The van der Waals surface area contributed by atoms with Crippen LogP contribution in [0.15, 0.2) is 35.5 Å². The minimum absolute atomic E-state index is 0.0292. The van der Waals surface area contributed by atoms with E-state index in [2.05, 4.69) is 15.5 Å². The van der Waals surface area contributed by atoms with E-state index in [-0.39, 0.29) is 17.3 Å². The molecule has 3 rings (SSSR count). The Morgan fingerprint density at radius 3 is 2.90 bits per heavy atom. The fraction of sp³-hybridized carbons (Fsp3) is 0.385. The van der Waals surface area contributed by atoms with E-state index in [0.29, 0.717) is 18.1 Å². The van der Waals surface area contributed by atoms with Crippen molar-refractivity contribution in [2.45, 2.75) is 36.4 Å². The van der Waals surface area contributed by atoms with E-state index in [9.17, 15) is 4.79 Å². The van der Waals surface area contributed by atoms with Crippen molar-refractivity contribution in [1.29, 1.82) is 0 Å². The summed E-state index contributed by atoms with van der Waals surface area (Å²) in [5.74, 6) is -0.184. The number of cyclic esters (lactones) is 1. The fourth-order valence-electron chi connectivity index (χ4n) is 2.08. The predicted octanol–water partition coefficient (Wildman–Crippen LogP) is 1.52. The first-order chi connectivity index (χ1) is 9.72. The standard InChI is InChI=1S/C13H14N4O2S/c1-9-7-11(12(18)19-9)20-13-14-15-16-17(13)8-10-5-3-2-4-6-10/h2-6,9,11H,7-8H2,1H3/t9-,11+/m0/s1. The highest BCUT2D eigenvalue weighted by molar-refractivity contribution is 8.00. The van der Waals surface area contributed by atoms with Gasteiger partial charge in [-0.1, -0.05) is 42.1 Å². The molecule has 2 atom stereocenters. The molecule has 1 aromatic carbocycles. The molecule has 20 heavy (non-hydrogen) atoms. The van der Waals surface area contributed by atoms with Crippen molar-refractivity contribution in [1.82, 2.24) is 20.2 Å². The fourth-order valence-corrected chi connectivity index (χ4v) is 3.16. The van der Waals surface area contributed by atoms with E-state index in [0.717, 1.165) is 5.56 Å². The van der Waals surface area contributed by atoms with Gasteiger partial charge in [0, 0.05) is 6.42 Å². The topological polar surface area (TPSA) is 69.9 Å². The molecule has 2 heterocycles. The van der Waals surface area contributed by atoms with Crippen molar-refractivity contribution in [2.75, 3.05) is 0 Å². The molecule has 0 radical (unpaired) electrons. The number of nitrogens with zero attached hydrogens (tertiary/aromatic N) is 4. The van der Waals surface area contributed by atoms with Crippen LogP contribution >= 0.6 is 11.8 Å². The molecule has 0 bridgehead atoms. The van der Waals surface area contributed by atoms with Crippen LogP contribution in [0.25, 0.3) is 0 Å². The van der Waals surface area contributed by atoms with Gasteiger partial charge in [-0.2, -0.15) is 0 Å². The lowest BCUT2D eigenvalue weighted by molar-refractivity contribution is -0.140. The van der Waals surface area contributed by atoms with Gasteiger partial charge in [0.05, 0.1) is 6.54 Å². The Morgan fingerprint density at radius 1 is 1.40 bits per heavy atom. The zero-order chi connectivity index (χ0) is 13.9. The number of hydrogen-bond donors (Lipinski definition) is 0. The lowest BCUT2D eigenvalue weighted by atomic mass is 10.2. The summed E-state index contributed by atoms with van der Waals surface area (Å²) in [6, 6.07) is 9.95. The summed E-state index contributed by atoms with van der Waals surface area (Å²) in [5, 5.41) is 12.1. The first kappa shape index (κ1) is 13.1. The van der Waals surface area contributed by atoms with Gasteiger partial charge in [-0.05, 0) is 22.9 Å². The highest BCUT2D eigenvalue weighted by Crippen LogP contribution is 2.30. The Morgan fingerprint density at radius 2 is 2.20 bits per heavy atom. The number of rotatable bonds is 4. The molecule has 0 spiro atoms. The number of ether oxygens (including phenoxy) is 1. The van der Waals surface area contributed by atoms with Crippen LogP contribution in [0.4, 0.5) is 0 Å². The van der Waals surface area contributed by atoms with Gasteiger partial charge in [0.15, 0.2) is 0 Å². The molecule has 1 aromatic heterocycles. The molecule has 7 heteroatoms. The maximum atomic E-state index is 11.7. The van der Waals surface area contributed by atoms with E-state index in [1.165, 1.54) is 11.8 Å². The Hall–Kier alpha value is -1.89. The van der Waals surface area contributed by atoms with Gasteiger partial charge >= 0.3 is 5.97 Å². The Balaban J connectivity index is 1.72. The van der Waals surface area contributed by atoms with Gasteiger partial charge in [0.1, 0.15) is 11.4 Å². The number of tetrazole rings is 1. The quantitative estimate of drug-likeness (QED) is 0.795. The first-order valence-electron chi connectivity index (χ1n) is 6.39. The number of carbonyl (C=O) groups is 1. The van der Waals surface area contributed by atoms with Crippen molar-refractivity contribution in [3.05, 3.63) is 35.9 Å². The summed E-state index contributed by atoms with van der Waals surface area (Å²) in [5.41, 5.74) is 1.11. The SMILES string of the molecule is C[C@H]1C[C@@H](Sc2nnnn2Cc2ccccc2)C(=O)O1. The number of esters is 1. The normalized spacial score (nSPS) is 21.9. The van der Waals surface area contributed by atoms with E-state index < -0.39 is 0 Å². The Kier molecular flexibility index (Phi) is 3.68. The number of hydrogen-bond acceptors (Lipinski definition) is 6. The summed E-state index contributed by atoms with van der Waals surface area (Å²) in [6.45, 7) is 2.49. The van der Waals surface area contributed by atoms with Gasteiger partial charge in [-0.3, -0.25) is 4.79 Å². The zero-order valence-corrected chi connectivity index (χ0v) is 11.8. The van der Waals surface area contributed by atoms with Crippen LogP contribution in [0.3, 0.4) is 0 Å². The van der Waals surface area contributed by atoms with Gasteiger partial charge in [-0.25, -0.2) is 4.68 Å². The van der Waals surface area contributed by atoms with Gasteiger partial charge in [0.2, 0.25) is 5.16 Å². The predicted molar refractivity (Wildman–Crippen MR) is 73.2 cm³/mol. The Labute approximate surface area is 120 Å². The minimum Gasteiger partial charge on any atom is -0.462 e. The summed E-state index contributed by atoms with van der Waals surface area (Å²) < 4.78 is 6.85. The summed E-state index contributed by atoms with van der Waals surface area (Å²) in [7, 11) is 0. The molecule has 1 aliphatic heterocycles. The third kappa shape index (κ3) is 2.82. The van der Waals surface area contributed by atoms with Crippen LogP contribution in [-0.2, 0) is 16.1 Å². The molecule has 1 saturated heterocycles. The maximum absolute atomic E-state index is 11.7. The monoisotopic (exact) mass is 290 g/mol. The lowest BCUT2D eigenvalue weighted by Crippen LogP contribution is -2.12. The van der Waals surface area contributed by atoms with Gasteiger partial charge < -0.3 is 4.74 Å². The third-order valence-electron chi connectivity index (χ3n) is 3.05. The summed E-state index contributed by atoms with van der Waals surface area (Å²) >= 11 is 1.37. The molecular weight excluding hydrogens is 276 g/mol. The van der Waals surface area contributed by atoms with Crippen molar-refractivity contribution in [2.24, 2.45) is 0 Å². The molecule has 1 fully saturated rings. The molecule has 2 aromatic rings. The van der Waals surface area contributed by atoms with E-state index >= 15 is 0 Å². The van der Waals surface area contributed by atoms with Crippen LogP contribution in [0.5, 0.6) is 0 Å². The number of aromatic nitrogens is 4. The number of thioether (sulfide) groups is 1. The van der Waals surface area contributed by atoms with E-state index in [4.69, 9.17) is 4.74 Å². The summed E-state index contributed by atoms with van der Waals surface area (Å²) in [6.07, 6.45) is 0.667. The van der Waals surface area contributed by atoms with Crippen LogP contribution in [0, 0.1) is 0 Å². The smallest absolute Gasteiger partial charge is 0.319 e. The molecule has 0 unspecified atom stereocenters. The van der Waals surface area contributed by atoms with E-state index in [1.54, 1.807) is 4.68 Å². The van der Waals surface area contributed by atoms with Crippen LogP contribution in [0.2, 0.25) is 0 Å². The number of benzene rings is 1. The van der Waals surface area contributed by atoms with Crippen molar-refractivity contribution >= 4 is 17.7 Å². The third-order valence-corrected chi connectivity index (χ3v) is 4.22. The largest absolute Gasteiger partial charge is 0.462 e. The lowest BCUT2D eigenvalue weighted by Gasteiger charge is -2.06. The second-order valence-electron chi connectivity index (χ2n) is 4.69. The molecule has 0 amide bonds. The highest BCUT2D eigenvalue weighted by Gasteiger charge is 2.34. The molecule has 0 N–H and O–H groups in total. The van der Waals surface area contributed by atoms with Crippen molar-refractivity contribution in [3.8, 4) is 0 Å². The average molecular weight is 290 g/mol. The van der Waals surface area contributed by atoms with E-state index in [1.807, 2.05) is 37.3 Å². The average Bonchev–Trinajstić information content (AvgIpc) is 2.99. The molecule has 0 saturated carbocycles. The highest BCUT2D eigenvalue weighted by atomic mass is 32.2. The number of carbonyl (C=O) groups excluding carboxylic acids is 1. The van der Waals surface area contributed by atoms with Crippen LogP contribution in [0.1, 0.15) is 18.9 Å². The van der Waals surface area contributed by atoms with Crippen LogP contribution in [-0.4, -0.2) is 37.5 Å². The van der Waals surface area contributed by atoms with Crippen molar-refractivity contribution < 1.29 is 9.53 Å². The second-order valence-corrected chi connectivity index (χ2v) is 5.86. The molecule has 0 aliphatic carbocycles. The second kappa shape index (κ2) is 5.62. The van der Waals surface area contributed by atoms with Gasteiger partial charge in [-0.15, -0.1) is 5.10 Å². The molecule has 1 aliphatic rings. The minimum atomic E-state index is -0.217. The molecule has 6 nitrogen and oxygen atoms in total. The van der Waals surface area contributed by atoms with Crippen LogP contribution < -0.4 is 0 Å². The summed E-state index contributed by atoms with van der Waals surface area (Å²) in [4.78, 5) is 11.7.